The molecule has 4 rings (SSSR count). The minimum absolute atomic E-state index is 0.0319. The second-order valence-corrected chi connectivity index (χ2v) is 8.29. The zero-order valence-corrected chi connectivity index (χ0v) is 15.0. The topological polar surface area (TPSA) is 45.2 Å². The van der Waals surface area contributed by atoms with Crippen molar-refractivity contribution in [3.8, 4) is 0 Å². The van der Waals surface area contributed by atoms with Crippen LogP contribution < -0.4 is 10.2 Å². The molecule has 0 bridgehead atoms. The number of benzene rings is 1. The third-order valence-electron chi connectivity index (χ3n) is 5.04. The number of fused-ring (bicyclic) bond motifs is 1. The Balaban J connectivity index is 1.77. The molecule has 1 saturated carbocycles. The summed E-state index contributed by atoms with van der Waals surface area (Å²) >= 11 is 2.01. The van der Waals surface area contributed by atoms with Crippen molar-refractivity contribution in [1.29, 1.82) is 0 Å². The van der Waals surface area contributed by atoms with E-state index < -0.39 is 0 Å². The summed E-state index contributed by atoms with van der Waals surface area (Å²) in [5, 5.41) is 4.63. The van der Waals surface area contributed by atoms with Crippen LogP contribution in [0.3, 0.4) is 0 Å². The standard InChI is InChI=1S/C19H23N3OS/c1-12-13(2)24-10-9-22(12)18-11-16(19(23)20-14-7-8-14)15-5-3-4-6-17(15)21-18/h3-6,11-14H,7-10H2,1-2H3,(H,20,23). The van der Waals surface area contributed by atoms with Gasteiger partial charge in [-0.25, -0.2) is 4.98 Å². The third-order valence-corrected chi connectivity index (χ3v) is 6.38. The highest BCUT2D eigenvalue weighted by molar-refractivity contribution is 8.00. The molecule has 1 aromatic heterocycles. The number of pyridine rings is 1. The maximum absolute atomic E-state index is 12.7. The third kappa shape index (κ3) is 2.97. The second-order valence-electron chi connectivity index (χ2n) is 6.80. The minimum Gasteiger partial charge on any atom is -0.352 e. The van der Waals surface area contributed by atoms with Crippen LogP contribution in [0.2, 0.25) is 0 Å². The molecule has 126 valence electrons. The van der Waals surface area contributed by atoms with Crippen LogP contribution in [0.4, 0.5) is 5.82 Å². The van der Waals surface area contributed by atoms with Gasteiger partial charge in [0, 0.05) is 35.0 Å². The number of hydrogen-bond acceptors (Lipinski definition) is 4. The maximum atomic E-state index is 12.7. The van der Waals surface area contributed by atoms with Gasteiger partial charge in [0.25, 0.3) is 5.91 Å². The summed E-state index contributed by atoms with van der Waals surface area (Å²) in [5.41, 5.74) is 1.65. The van der Waals surface area contributed by atoms with Gasteiger partial charge in [-0.15, -0.1) is 0 Å². The largest absolute Gasteiger partial charge is 0.352 e. The Bertz CT molecular complexity index is 774. The van der Waals surface area contributed by atoms with E-state index in [0.29, 0.717) is 17.3 Å². The number of carbonyl (C=O) groups is 1. The second kappa shape index (κ2) is 6.28. The molecule has 2 aromatic rings. The summed E-state index contributed by atoms with van der Waals surface area (Å²) in [4.78, 5) is 19.9. The first kappa shape index (κ1) is 15.8. The first-order valence-corrected chi connectivity index (χ1v) is 9.77. The lowest BCUT2D eigenvalue weighted by Crippen LogP contribution is -2.45. The zero-order chi connectivity index (χ0) is 16.7. The monoisotopic (exact) mass is 341 g/mol. The molecule has 1 aliphatic heterocycles. The summed E-state index contributed by atoms with van der Waals surface area (Å²) < 4.78 is 0. The van der Waals surface area contributed by atoms with E-state index in [4.69, 9.17) is 4.98 Å². The summed E-state index contributed by atoms with van der Waals surface area (Å²) in [6.45, 7) is 5.49. The van der Waals surface area contributed by atoms with Crippen molar-refractivity contribution in [3.63, 3.8) is 0 Å². The molecular formula is C19H23N3OS. The van der Waals surface area contributed by atoms with Gasteiger partial charge < -0.3 is 10.2 Å². The van der Waals surface area contributed by atoms with Gasteiger partial charge in [-0.05, 0) is 31.9 Å². The fourth-order valence-corrected chi connectivity index (χ4v) is 4.34. The SMILES string of the molecule is CC1SCCN(c2cc(C(=O)NC3CC3)c3ccccc3n2)C1C. The molecule has 2 unspecified atom stereocenters. The van der Waals surface area contributed by atoms with Crippen molar-refractivity contribution in [3.05, 3.63) is 35.9 Å². The van der Waals surface area contributed by atoms with E-state index in [9.17, 15) is 4.79 Å². The molecule has 1 aliphatic carbocycles. The number of rotatable bonds is 3. The van der Waals surface area contributed by atoms with E-state index in [1.54, 1.807) is 0 Å². The van der Waals surface area contributed by atoms with E-state index in [2.05, 4.69) is 24.1 Å². The van der Waals surface area contributed by atoms with Crippen LogP contribution >= 0.6 is 11.8 Å². The van der Waals surface area contributed by atoms with Gasteiger partial charge in [-0.3, -0.25) is 4.79 Å². The Hall–Kier alpha value is -1.75. The molecule has 2 fully saturated rings. The Labute approximate surface area is 147 Å². The fourth-order valence-electron chi connectivity index (χ4n) is 3.24. The normalized spacial score (nSPS) is 24.2. The molecule has 5 heteroatoms. The zero-order valence-electron chi connectivity index (χ0n) is 14.2. The highest BCUT2D eigenvalue weighted by Gasteiger charge is 2.28. The molecule has 1 saturated heterocycles. The molecule has 2 heterocycles. The van der Waals surface area contributed by atoms with Crippen molar-refractivity contribution < 1.29 is 4.79 Å². The van der Waals surface area contributed by atoms with Crippen LogP contribution in [0.25, 0.3) is 10.9 Å². The van der Waals surface area contributed by atoms with E-state index in [1.165, 1.54) is 0 Å². The number of para-hydroxylation sites is 1. The number of nitrogens with zero attached hydrogens (tertiary/aromatic N) is 2. The maximum Gasteiger partial charge on any atom is 0.252 e. The number of anilines is 1. The quantitative estimate of drug-likeness (QED) is 0.929. The number of aromatic nitrogens is 1. The smallest absolute Gasteiger partial charge is 0.252 e. The van der Waals surface area contributed by atoms with Crippen LogP contribution in [-0.4, -0.2) is 40.5 Å². The Morgan fingerprint density at radius 3 is 2.88 bits per heavy atom. The molecule has 2 aliphatic rings. The molecular weight excluding hydrogens is 318 g/mol. The lowest BCUT2D eigenvalue weighted by molar-refractivity contribution is 0.0952. The predicted molar refractivity (Wildman–Crippen MR) is 101 cm³/mol. The van der Waals surface area contributed by atoms with E-state index in [1.807, 2.05) is 42.1 Å². The van der Waals surface area contributed by atoms with E-state index in [0.717, 1.165) is 47.4 Å². The Morgan fingerprint density at radius 1 is 1.29 bits per heavy atom. The van der Waals surface area contributed by atoms with Crippen molar-refractivity contribution in [2.24, 2.45) is 0 Å². The number of hydrogen-bond donors (Lipinski definition) is 1. The molecule has 0 radical (unpaired) electrons. The number of thioether (sulfide) groups is 1. The van der Waals surface area contributed by atoms with Crippen LogP contribution in [-0.2, 0) is 0 Å². The molecule has 4 nitrogen and oxygen atoms in total. The van der Waals surface area contributed by atoms with Crippen LogP contribution in [0.1, 0.15) is 37.0 Å². The number of carbonyl (C=O) groups excluding carboxylic acids is 1. The summed E-state index contributed by atoms with van der Waals surface area (Å²) in [7, 11) is 0. The number of nitrogens with one attached hydrogen (secondary N) is 1. The molecule has 24 heavy (non-hydrogen) atoms. The molecule has 1 aromatic carbocycles. The van der Waals surface area contributed by atoms with Gasteiger partial charge in [0.15, 0.2) is 0 Å². The molecule has 2 atom stereocenters. The predicted octanol–water partition coefficient (Wildman–Crippen LogP) is 3.46. The summed E-state index contributed by atoms with van der Waals surface area (Å²) in [6, 6.07) is 10.7. The molecule has 1 amide bonds. The van der Waals surface area contributed by atoms with Crippen molar-refractivity contribution in [2.45, 2.75) is 44.0 Å². The van der Waals surface area contributed by atoms with Gasteiger partial charge in [-0.2, -0.15) is 11.8 Å². The van der Waals surface area contributed by atoms with E-state index >= 15 is 0 Å². The average molecular weight is 341 g/mol. The molecule has 0 spiro atoms. The van der Waals surface area contributed by atoms with Crippen molar-refractivity contribution in [1.82, 2.24) is 10.3 Å². The molecule has 1 N–H and O–H groups in total. The van der Waals surface area contributed by atoms with Crippen LogP contribution in [0.5, 0.6) is 0 Å². The highest BCUT2D eigenvalue weighted by Crippen LogP contribution is 2.31. The summed E-state index contributed by atoms with van der Waals surface area (Å²) in [6.07, 6.45) is 2.19. The fraction of sp³-hybridized carbons (Fsp3) is 0.474. The Morgan fingerprint density at radius 2 is 2.08 bits per heavy atom. The summed E-state index contributed by atoms with van der Waals surface area (Å²) in [5.74, 6) is 2.06. The average Bonchev–Trinajstić information content (AvgIpc) is 3.40. The van der Waals surface area contributed by atoms with Gasteiger partial charge in [0.1, 0.15) is 5.82 Å². The number of amides is 1. The lowest BCUT2D eigenvalue weighted by Gasteiger charge is -2.38. The van der Waals surface area contributed by atoms with Crippen LogP contribution in [0.15, 0.2) is 30.3 Å². The van der Waals surface area contributed by atoms with Gasteiger partial charge >= 0.3 is 0 Å². The first-order valence-electron chi connectivity index (χ1n) is 8.72. The highest BCUT2D eigenvalue weighted by atomic mass is 32.2. The lowest BCUT2D eigenvalue weighted by atomic mass is 10.1. The van der Waals surface area contributed by atoms with Gasteiger partial charge in [-0.1, -0.05) is 25.1 Å². The Kier molecular flexibility index (Phi) is 4.12. The minimum atomic E-state index is 0.0319. The van der Waals surface area contributed by atoms with E-state index in [-0.39, 0.29) is 5.91 Å². The van der Waals surface area contributed by atoms with Gasteiger partial charge in [0.2, 0.25) is 0 Å². The van der Waals surface area contributed by atoms with Crippen molar-refractivity contribution >= 4 is 34.4 Å². The first-order chi connectivity index (χ1) is 11.6. The van der Waals surface area contributed by atoms with Gasteiger partial charge in [0.05, 0.1) is 11.1 Å². The van der Waals surface area contributed by atoms with Crippen molar-refractivity contribution in [2.75, 3.05) is 17.2 Å². The van der Waals surface area contributed by atoms with Crippen LogP contribution in [0, 0.1) is 0 Å².